The molecule has 92 valence electrons. The van der Waals surface area contributed by atoms with Gasteiger partial charge in [-0.25, -0.2) is 0 Å². The highest BCUT2D eigenvalue weighted by molar-refractivity contribution is 5.39. The Morgan fingerprint density at radius 1 is 1.24 bits per heavy atom. The van der Waals surface area contributed by atoms with E-state index in [9.17, 15) is 0 Å². The van der Waals surface area contributed by atoms with E-state index in [0.29, 0.717) is 5.92 Å². The van der Waals surface area contributed by atoms with Crippen LogP contribution < -0.4 is 5.32 Å². The van der Waals surface area contributed by atoms with Crippen LogP contribution in [0, 0.1) is 5.92 Å². The van der Waals surface area contributed by atoms with E-state index in [2.05, 4.69) is 29.6 Å². The summed E-state index contributed by atoms with van der Waals surface area (Å²) in [6, 6.07) is 8.74. The molecule has 2 heteroatoms. The molecule has 1 aliphatic carbocycles. The molecule has 1 aliphatic heterocycles. The molecule has 1 aromatic rings. The van der Waals surface area contributed by atoms with Crippen molar-refractivity contribution in [1.82, 2.24) is 5.32 Å². The summed E-state index contributed by atoms with van der Waals surface area (Å²) in [7, 11) is 0. The Balaban J connectivity index is 1.41. The van der Waals surface area contributed by atoms with Crippen molar-refractivity contribution in [2.75, 3.05) is 26.3 Å². The number of hydrogen-bond acceptors (Lipinski definition) is 2. The van der Waals surface area contributed by atoms with E-state index in [1.807, 2.05) is 0 Å². The Hall–Kier alpha value is -0.860. The van der Waals surface area contributed by atoms with E-state index in [-0.39, 0.29) is 0 Å². The fourth-order valence-corrected chi connectivity index (χ4v) is 2.95. The van der Waals surface area contributed by atoms with Gasteiger partial charge in [-0.1, -0.05) is 24.3 Å². The molecule has 0 bridgehead atoms. The lowest BCUT2D eigenvalue weighted by Crippen LogP contribution is -2.33. The number of nitrogens with one attached hydrogen (secondary N) is 1. The first-order valence-electron chi connectivity index (χ1n) is 6.80. The smallest absolute Gasteiger partial charge is 0.0538 e. The fourth-order valence-electron chi connectivity index (χ4n) is 2.95. The lowest BCUT2D eigenvalue weighted by molar-refractivity contribution is 0.0755. The average Bonchev–Trinajstić information content (AvgIpc) is 2.36. The molecule has 3 rings (SSSR count). The van der Waals surface area contributed by atoms with Crippen LogP contribution >= 0.6 is 0 Å². The second-order valence-corrected chi connectivity index (χ2v) is 5.35. The maximum atomic E-state index is 5.89. The molecular weight excluding hydrogens is 210 g/mol. The Morgan fingerprint density at radius 3 is 3.00 bits per heavy atom. The van der Waals surface area contributed by atoms with Gasteiger partial charge in [-0.05, 0) is 42.9 Å². The average molecular weight is 231 g/mol. The van der Waals surface area contributed by atoms with Crippen LogP contribution in [0.2, 0.25) is 0 Å². The predicted molar refractivity (Wildman–Crippen MR) is 69.3 cm³/mol. The summed E-state index contributed by atoms with van der Waals surface area (Å²) >= 11 is 0. The van der Waals surface area contributed by atoms with E-state index in [0.717, 1.165) is 25.7 Å². The molecule has 2 aliphatic rings. The fraction of sp³-hybridized carbons (Fsp3) is 0.600. The van der Waals surface area contributed by atoms with Crippen LogP contribution in [0.3, 0.4) is 0 Å². The highest BCUT2D eigenvalue weighted by atomic mass is 16.5. The molecule has 1 saturated heterocycles. The molecule has 0 aromatic heterocycles. The highest BCUT2D eigenvalue weighted by Crippen LogP contribution is 2.34. The summed E-state index contributed by atoms with van der Waals surface area (Å²) in [4.78, 5) is 0. The zero-order chi connectivity index (χ0) is 11.5. The number of hydrogen-bond donors (Lipinski definition) is 1. The minimum absolute atomic E-state index is 0.655. The molecule has 2 nitrogen and oxygen atoms in total. The second-order valence-electron chi connectivity index (χ2n) is 5.35. The maximum absolute atomic E-state index is 5.89. The van der Waals surface area contributed by atoms with E-state index in [1.54, 1.807) is 0 Å². The van der Waals surface area contributed by atoms with Crippen molar-refractivity contribution in [1.29, 1.82) is 0 Å². The first-order chi connectivity index (χ1) is 8.43. The van der Waals surface area contributed by atoms with Gasteiger partial charge in [-0.15, -0.1) is 0 Å². The van der Waals surface area contributed by atoms with Crippen LogP contribution in [0.25, 0.3) is 0 Å². The lowest BCUT2D eigenvalue weighted by Gasteiger charge is -2.31. The first kappa shape index (κ1) is 11.2. The van der Waals surface area contributed by atoms with Crippen LogP contribution in [0.15, 0.2) is 24.3 Å². The zero-order valence-electron chi connectivity index (χ0n) is 10.3. The third-order valence-electron chi connectivity index (χ3n) is 4.03. The van der Waals surface area contributed by atoms with Gasteiger partial charge in [-0.2, -0.15) is 0 Å². The normalized spacial score (nSPS) is 27.3. The van der Waals surface area contributed by atoms with Crippen molar-refractivity contribution in [3.8, 4) is 0 Å². The van der Waals surface area contributed by atoms with Crippen molar-refractivity contribution >= 4 is 0 Å². The lowest BCUT2D eigenvalue weighted by atomic mass is 9.78. The van der Waals surface area contributed by atoms with Gasteiger partial charge in [-0.3, -0.25) is 0 Å². The Labute approximate surface area is 103 Å². The molecule has 1 fully saturated rings. The summed E-state index contributed by atoms with van der Waals surface area (Å²) in [6.45, 7) is 4.17. The van der Waals surface area contributed by atoms with Gasteiger partial charge >= 0.3 is 0 Å². The van der Waals surface area contributed by atoms with Crippen LogP contribution in [0.5, 0.6) is 0 Å². The van der Waals surface area contributed by atoms with E-state index >= 15 is 0 Å². The molecule has 0 spiro atoms. The number of rotatable bonds is 4. The molecular formula is C15H21NO. The molecule has 0 radical (unpaired) electrons. The van der Waals surface area contributed by atoms with Crippen molar-refractivity contribution in [2.24, 2.45) is 5.92 Å². The molecule has 0 saturated carbocycles. The van der Waals surface area contributed by atoms with Gasteiger partial charge in [0.2, 0.25) is 0 Å². The van der Waals surface area contributed by atoms with Crippen LogP contribution in [-0.2, 0) is 11.2 Å². The first-order valence-corrected chi connectivity index (χ1v) is 6.80. The summed E-state index contributed by atoms with van der Waals surface area (Å²) in [5, 5.41) is 3.44. The van der Waals surface area contributed by atoms with Crippen molar-refractivity contribution < 1.29 is 4.74 Å². The van der Waals surface area contributed by atoms with Gasteiger partial charge in [0.25, 0.3) is 0 Å². The largest absolute Gasteiger partial charge is 0.380 e. The van der Waals surface area contributed by atoms with Crippen LogP contribution in [-0.4, -0.2) is 26.3 Å². The molecule has 1 N–H and O–H groups in total. The molecule has 1 heterocycles. The summed E-state index contributed by atoms with van der Waals surface area (Å²) in [5.41, 5.74) is 3.02. The predicted octanol–water partition coefficient (Wildman–Crippen LogP) is 2.34. The van der Waals surface area contributed by atoms with Crippen LogP contribution in [0.4, 0.5) is 0 Å². The third kappa shape index (κ3) is 2.53. The second kappa shape index (κ2) is 5.19. The minimum Gasteiger partial charge on any atom is -0.380 e. The van der Waals surface area contributed by atoms with Crippen molar-refractivity contribution in [2.45, 2.75) is 25.2 Å². The van der Waals surface area contributed by atoms with Gasteiger partial charge < -0.3 is 10.1 Å². The standard InChI is InChI=1S/C15H21NO/c1-2-6-15-13(5-1)8-14(15)11-17-10-12-4-3-7-16-9-12/h1-2,5-6,12,14,16H,3-4,7-11H2. The van der Waals surface area contributed by atoms with Crippen molar-refractivity contribution in [3.05, 3.63) is 35.4 Å². The van der Waals surface area contributed by atoms with Crippen molar-refractivity contribution in [3.63, 3.8) is 0 Å². The number of benzene rings is 1. The Morgan fingerprint density at radius 2 is 2.18 bits per heavy atom. The zero-order valence-corrected chi connectivity index (χ0v) is 10.3. The minimum atomic E-state index is 0.655. The van der Waals surface area contributed by atoms with Gasteiger partial charge in [0.05, 0.1) is 13.2 Å². The third-order valence-corrected chi connectivity index (χ3v) is 4.03. The molecule has 1 aromatic carbocycles. The van der Waals surface area contributed by atoms with Gasteiger partial charge in [0.15, 0.2) is 0 Å². The summed E-state index contributed by atoms with van der Waals surface area (Å²) in [6.07, 6.45) is 3.84. The number of fused-ring (bicyclic) bond motifs is 1. The number of piperidine rings is 1. The number of ether oxygens (including phenoxy) is 1. The molecule has 2 unspecified atom stereocenters. The van der Waals surface area contributed by atoms with E-state index in [1.165, 1.54) is 36.9 Å². The maximum Gasteiger partial charge on any atom is 0.0538 e. The van der Waals surface area contributed by atoms with Crippen LogP contribution in [0.1, 0.15) is 29.9 Å². The Kier molecular flexibility index (Phi) is 3.44. The Bertz CT molecular complexity index is 371. The molecule has 2 atom stereocenters. The van der Waals surface area contributed by atoms with Gasteiger partial charge in [0.1, 0.15) is 0 Å². The quantitative estimate of drug-likeness (QED) is 0.859. The van der Waals surface area contributed by atoms with E-state index in [4.69, 9.17) is 4.74 Å². The summed E-state index contributed by atoms with van der Waals surface area (Å²) < 4.78 is 5.89. The highest BCUT2D eigenvalue weighted by Gasteiger charge is 2.25. The molecule has 17 heavy (non-hydrogen) atoms. The van der Waals surface area contributed by atoms with Gasteiger partial charge in [0, 0.05) is 12.5 Å². The monoisotopic (exact) mass is 231 g/mol. The summed E-state index contributed by atoms with van der Waals surface area (Å²) in [5.74, 6) is 1.39. The SMILES string of the molecule is c1ccc2c(c1)CC2COCC1CCCNC1. The topological polar surface area (TPSA) is 21.3 Å². The van der Waals surface area contributed by atoms with E-state index < -0.39 is 0 Å². The molecule has 0 amide bonds.